The number of nitrogens with two attached hydrogens (primary N) is 2. The summed E-state index contributed by atoms with van der Waals surface area (Å²) < 4.78 is 2.22. The highest BCUT2D eigenvalue weighted by Gasteiger charge is 2.29. The van der Waals surface area contributed by atoms with E-state index in [1.54, 1.807) is 12.2 Å². The number of carbonyl (C=O) groups is 3. The molecule has 2 aromatic heterocycles. The van der Waals surface area contributed by atoms with E-state index in [9.17, 15) is 14.4 Å². The second kappa shape index (κ2) is 13.9. The van der Waals surface area contributed by atoms with Gasteiger partial charge >= 0.3 is 6.03 Å². The molecular weight excluding hydrogens is 572 g/mol. The van der Waals surface area contributed by atoms with Gasteiger partial charge in [0, 0.05) is 64.0 Å². The van der Waals surface area contributed by atoms with E-state index in [-0.39, 0.29) is 30.0 Å². The lowest BCUT2D eigenvalue weighted by Gasteiger charge is -2.38. The molecule has 0 radical (unpaired) electrons. The fraction of sp³-hybridized carbons (Fsp3) is 0.594. The lowest BCUT2D eigenvalue weighted by atomic mass is 9.94. The number of amides is 4. The largest absolute Gasteiger partial charge is 0.394 e. The topological polar surface area (TPSA) is 168 Å². The standard InChI is InChI=1S/C32H46N10O3/c33-26(31(44)37-23-4-2-1-3-5-23)6-7-27(34)40-16-8-22(9-17-40)20-39-14-10-24(11-15-39)41-18-12-25-29(41)35-21-36-30(25)42-19-13-28(43)38-32(42)45/h6-7,12,18,21-24H,1-5,8-11,13-17,19-20,33-34H2,(H,37,44)(H,38,43,45)/b26-6-,27-7+. The first-order valence-electron chi connectivity index (χ1n) is 16.5. The molecule has 1 aliphatic carbocycles. The van der Waals surface area contributed by atoms with Gasteiger partial charge in [0.15, 0.2) is 0 Å². The van der Waals surface area contributed by atoms with E-state index in [1.807, 2.05) is 6.07 Å². The number of nitrogens with zero attached hydrogens (tertiary/aromatic N) is 6. The van der Waals surface area contributed by atoms with Crippen LogP contribution in [0.25, 0.3) is 11.0 Å². The smallest absolute Gasteiger partial charge is 0.329 e. The van der Waals surface area contributed by atoms with Crippen molar-refractivity contribution in [2.45, 2.75) is 76.3 Å². The molecule has 3 saturated heterocycles. The molecule has 5 heterocycles. The Morgan fingerprint density at radius 2 is 1.71 bits per heavy atom. The first kappa shape index (κ1) is 30.9. The lowest BCUT2D eigenvalue weighted by molar-refractivity contribution is -0.120. The van der Waals surface area contributed by atoms with Crippen molar-refractivity contribution >= 4 is 34.7 Å². The summed E-state index contributed by atoms with van der Waals surface area (Å²) in [6.45, 7) is 5.23. The van der Waals surface area contributed by atoms with Crippen molar-refractivity contribution in [1.29, 1.82) is 0 Å². The van der Waals surface area contributed by atoms with E-state index in [2.05, 4.69) is 41.2 Å². The number of piperidine rings is 2. The van der Waals surface area contributed by atoms with Crippen molar-refractivity contribution in [3.05, 3.63) is 42.3 Å². The van der Waals surface area contributed by atoms with Gasteiger partial charge < -0.3 is 31.2 Å². The summed E-state index contributed by atoms with van der Waals surface area (Å²) in [7, 11) is 0. The van der Waals surface area contributed by atoms with Crippen LogP contribution in [-0.2, 0) is 9.59 Å². The summed E-state index contributed by atoms with van der Waals surface area (Å²) in [5.41, 5.74) is 13.4. The highest BCUT2D eigenvalue weighted by molar-refractivity contribution is 6.08. The number of rotatable bonds is 8. The van der Waals surface area contributed by atoms with Crippen LogP contribution < -0.4 is 27.0 Å². The zero-order valence-electron chi connectivity index (χ0n) is 26.0. The van der Waals surface area contributed by atoms with E-state index >= 15 is 0 Å². The summed E-state index contributed by atoms with van der Waals surface area (Å²) in [6.07, 6.45) is 17.0. The zero-order chi connectivity index (χ0) is 31.3. The maximum Gasteiger partial charge on any atom is 0.329 e. The molecule has 2 aromatic rings. The summed E-state index contributed by atoms with van der Waals surface area (Å²) in [4.78, 5) is 51.7. The Kier molecular flexibility index (Phi) is 9.53. The minimum Gasteiger partial charge on any atom is -0.394 e. The van der Waals surface area contributed by atoms with E-state index in [1.165, 1.54) is 17.6 Å². The van der Waals surface area contributed by atoms with Crippen LogP contribution >= 0.6 is 0 Å². The van der Waals surface area contributed by atoms with Gasteiger partial charge in [0.2, 0.25) is 5.91 Å². The molecule has 0 aromatic carbocycles. The Hall–Kier alpha value is -4.13. The molecule has 0 spiro atoms. The molecule has 3 aliphatic heterocycles. The van der Waals surface area contributed by atoms with Gasteiger partial charge in [-0.15, -0.1) is 0 Å². The van der Waals surface area contributed by atoms with Crippen molar-refractivity contribution in [3.8, 4) is 0 Å². The molecule has 45 heavy (non-hydrogen) atoms. The Balaban J connectivity index is 0.963. The average molecular weight is 619 g/mol. The van der Waals surface area contributed by atoms with E-state index < -0.39 is 6.03 Å². The number of likely N-dealkylation sites (tertiary alicyclic amines) is 2. The second-order valence-corrected chi connectivity index (χ2v) is 12.9. The number of imide groups is 1. The van der Waals surface area contributed by atoms with Crippen molar-refractivity contribution in [1.82, 2.24) is 35.0 Å². The van der Waals surface area contributed by atoms with Crippen LogP contribution in [0.4, 0.5) is 10.6 Å². The molecule has 6 rings (SSSR count). The van der Waals surface area contributed by atoms with Crippen molar-refractivity contribution < 1.29 is 14.4 Å². The fourth-order valence-corrected chi connectivity index (χ4v) is 7.22. The van der Waals surface area contributed by atoms with Crippen molar-refractivity contribution in [2.24, 2.45) is 17.4 Å². The molecule has 4 fully saturated rings. The van der Waals surface area contributed by atoms with Gasteiger partial charge in [-0.1, -0.05) is 19.3 Å². The molecule has 4 amide bonds. The average Bonchev–Trinajstić information content (AvgIpc) is 3.49. The minimum atomic E-state index is -0.438. The molecular formula is C32H46N10O3. The van der Waals surface area contributed by atoms with Gasteiger partial charge in [0.25, 0.3) is 5.91 Å². The molecule has 242 valence electrons. The molecule has 13 nitrogen and oxygen atoms in total. The third-order valence-corrected chi connectivity index (χ3v) is 9.88. The predicted octanol–water partition coefficient (Wildman–Crippen LogP) is 2.32. The van der Waals surface area contributed by atoms with E-state index in [0.29, 0.717) is 30.1 Å². The van der Waals surface area contributed by atoms with Crippen LogP contribution in [0, 0.1) is 5.92 Å². The highest BCUT2D eigenvalue weighted by atomic mass is 16.2. The van der Waals surface area contributed by atoms with Crippen molar-refractivity contribution in [2.75, 3.05) is 44.2 Å². The maximum absolute atomic E-state index is 12.4. The molecule has 4 aliphatic rings. The first-order chi connectivity index (χ1) is 21.9. The SMILES string of the molecule is N/C(=C\C=C(/N)N1CCC(CN2CCC(n3ccc4c(N5CCC(=O)NC5=O)ncnc43)CC2)CC1)C(=O)NC1CCCCC1. The highest BCUT2D eigenvalue weighted by Crippen LogP contribution is 2.32. The number of aromatic nitrogens is 3. The normalized spacial score (nSPS) is 22.2. The number of allylic oxidation sites excluding steroid dienone is 2. The van der Waals surface area contributed by atoms with Gasteiger partial charge in [-0.05, 0) is 62.7 Å². The van der Waals surface area contributed by atoms with Gasteiger partial charge in [-0.3, -0.25) is 19.8 Å². The second-order valence-electron chi connectivity index (χ2n) is 12.9. The monoisotopic (exact) mass is 618 g/mol. The van der Waals surface area contributed by atoms with Gasteiger partial charge in [-0.25, -0.2) is 14.8 Å². The minimum absolute atomic E-state index is 0.203. The Morgan fingerprint density at radius 1 is 0.956 bits per heavy atom. The quantitative estimate of drug-likeness (QED) is 0.256. The molecule has 0 atom stereocenters. The van der Waals surface area contributed by atoms with Crippen molar-refractivity contribution in [3.63, 3.8) is 0 Å². The Bertz CT molecular complexity index is 1450. The van der Waals surface area contributed by atoms with Crippen LogP contribution in [0.2, 0.25) is 0 Å². The fourth-order valence-electron chi connectivity index (χ4n) is 7.22. The Labute approximate surface area is 264 Å². The predicted molar refractivity (Wildman–Crippen MR) is 172 cm³/mol. The summed E-state index contributed by atoms with van der Waals surface area (Å²) in [5, 5.41) is 6.25. The zero-order valence-corrected chi connectivity index (χ0v) is 26.0. The third-order valence-electron chi connectivity index (χ3n) is 9.88. The first-order valence-corrected chi connectivity index (χ1v) is 16.5. The number of anilines is 1. The van der Waals surface area contributed by atoms with Gasteiger partial charge in [0.05, 0.1) is 16.9 Å². The molecule has 0 bridgehead atoms. The maximum atomic E-state index is 12.4. The number of carbonyl (C=O) groups excluding carboxylic acids is 3. The van der Waals surface area contributed by atoms with Crippen LogP contribution in [0.1, 0.15) is 70.3 Å². The summed E-state index contributed by atoms with van der Waals surface area (Å²) >= 11 is 0. The van der Waals surface area contributed by atoms with Gasteiger partial charge in [-0.2, -0.15) is 0 Å². The number of fused-ring (bicyclic) bond motifs is 1. The molecule has 13 heteroatoms. The number of nitrogens with one attached hydrogen (secondary N) is 2. The van der Waals surface area contributed by atoms with Crippen LogP contribution in [0.5, 0.6) is 0 Å². The lowest BCUT2D eigenvalue weighted by Crippen LogP contribution is -2.50. The van der Waals surface area contributed by atoms with Crippen LogP contribution in [0.15, 0.2) is 42.3 Å². The van der Waals surface area contributed by atoms with E-state index in [4.69, 9.17) is 11.5 Å². The number of hydrogen-bond acceptors (Lipinski definition) is 9. The third kappa shape index (κ3) is 7.24. The number of hydrogen-bond donors (Lipinski definition) is 4. The molecule has 1 saturated carbocycles. The number of urea groups is 1. The molecule has 0 unspecified atom stereocenters. The summed E-state index contributed by atoms with van der Waals surface area (Å²) in [6, 6.07) is 2.10. The van der Waals surface area contributed by atoms with E-state index in [0.717, 1.165) is 95.1 Å². The summed E-state index contributed by atoms with van der Waals surface area (Å²) in [5.74, 6) is 1.35. The van der Waals surface area contributed by atoms with Gasteiger partial charge in [0.1, 0.15) is 17.8 Å². The van der Waals surface area contributed by atoms with Crippen LogP contribution in [-0.4, -0.2) is 87.5 Å². The molecule has 6 N–H and O–H groups in total. The van der Waals surface area contributed by atoms with Crippen LogP contribution in [0.3, 0.4) is 0 Å². The Morgan fingerprint density at radius 3 is 2.44 bits per heavy atom.